The van der Waals surface area contributed by atoms with Crippen LogP contribution in [0.5, 0.6) is 17.2 Å². The van der Waals surface area contributed by atoms with Crippen LogP contribution in [0.15, 0.2) is 59.2 Å². The molecule has 2 aliphatic rings. The van der Waals surface area contributed by atoms with Crippen molar-refractivity contribution in [3.05, 3.63) is 110 Å². The molecule has 1 unspecified atom stereocenters. The third kappa shape index (κ3) is 7.60. The maximum absolute atomic E-state index is 14.4. The van der Waals surface area contributed by atoms with Gasteiger partial charge in [-0.2, -0.15) is 9.65 Å². The Morgan fingerprint density at radius 1 is 0.981 bits per heavy atom. The third-order valence-electron chi connectivity index (χ3n) is 10.9. The topological polar surface area (TPSA) is 113 Å². The summed E-state index contributed by atoms with van der Waals surface area (Å²) in [6.45, 7) is 11.2. The molecule has 0 spiro atoms. The Morgan fingerprint density at radius 2 is 1.65 bits per heavy atom. The highest BCUT2D eigenvalue weighted by Gasteiger charge is 2.31. The van der Waals surface area contributed by atoms with Gasteiger partial charge in [-0.05, 0) is 79.3 Å². The quantitative estimate of drug-likeness (QED) is 0.117. The van der Waals surface area contributed by atoms with Crippen LogP contribution in [0, 0.1) is 31.1 Å². The Kier molecular flexibility index (Phi) is 11.5. The van der Waals surface area contributed by atoms with Crippen molar-refractivity contribution >= 4 is 12.0 Å². The second-order valence-corrected chi connectivity index (χ2v) is 14.0. The van der Waals surface area contributed by atoms with Gasteiger partial charge < -0.3 is 23.7 Å². The first kappa shape index (κ1) is 38.2. The lowest BCUT2D eigenvalue weighted by atomic mass is 9.89. The zero-order chi connectivity index (χ0) is 38.7. The minimum atomic E-state index is -0.781. The van der Waals surface area contributed by atoms with E-state index in [0.29, 0.717) is 25.3 Å². The van der Waals surface area contributed by atoms with E-state index in [1.807, 2.05) is 51.2 Å². The van der Waals surface area contributed by atoms with E-state index in [1.165, 1.54) is 36.6 Å². The number of carbonyl (C=O) groups excluding carboxylic acids is 1. The van der Waals surface area contributed by atoms with Gasteiger partial charge in [-0.25, -0.2) is 4.98 Å². The van der Waals surface area contributed by atoms with Crippen molar-refractivity contribution in [3.63, 3.8) is 0 Å². The fourth-order valence-electron chi connectivity index (χ4n) is 7.61. The van der Waals surface area contributed by atoms with E-state index in [9.17, 15) is 19.2 Å². The number of aromatic nitrogens is 2. The first-order chi connectivity index (χ1) is 26.0. The molecule has 0 saturated carbocycles. The van der Waals surface area contributed by atoms with E-state index in [4.69, 9.17) is 14.2 Å². The molecule has 0 N–H and O–H groups in total. The molecular weight excluding hydrogens is 687 g/mol. The second kappa shape index (κ2) is 16.2. The number of pyridine rings is 2. The summed E-state index contributed by atoms with van der Waals surface area (Å²) in [5.74, 6) is 0.600. The molecule has 4 heterocycles. The molecule has 12 heteroatoms. The van der Waals surface area contributed by atoms with E-state index in [2.05, 4.69) is 26.9 Å². The monoisotopic (exact) mass is 734 g/mol. The summed E-state index contributed by atoms with van der Waals surface area (Å²) in [6.07, 6.45) is 5.01. The molecule has 4 aromatic rings. The number of hydrogen-bond acceptors (Lipinski definition) is 9. The van der Waals surface area contributed by atoms with Gasteiger partial charge >= 0.3 is 0 Å². The van der Waals surface area contributed by atoms with Gasteiger partial charge in [0.15, 0.2) is 0 Å². The summed E-state index contributed by atoms with van der Waals surface area (Å²) < 4.78 is 33.0. The number of ether oxygens (including phenoxy) is 3. The molecule has 0 bridgehead atoms. The van der Waals surface area contributed by atoms with Gasteiger partial charge in [-0.1, -0.05) is 18.2 Å². The molecule has 54 heavy (non-hydrogen) atoms. The number of hydrogen-bond donors (Lipinski definition) is 0. The van der Waals surface area contributed by atoms with Crippen LogP contribution in [0.4, 0.5) is 4.39 Å². The molecule has 0 aliphatic carbocycles. The number of nitriles is 1. The van der Waals surface area contributed by atoms with Crippen molar-refractivity contribution in [2.45, 2.75) is 46.3 Å². The van der Waals surface area contributed by atoms with Gasteiger partial charge in [-0.15, -0.1) is 0 Å². The van der Waals surface area contributed by atoms with E-state index < -0.39 is 11.9 Å². The van der Waals surface area contributed by atoms with Crippen LogP contribution in [-0.2, 0) is 31.4 Å². The number of rotatable bonds is 10. The fourth-order valence-corrected chi connectivity index (χ4v) is 7.61. The van der Waals surface area contributed by atoms with Crippen LogP contribution in [-0.4, -0.2) is 84.2 Å². The van der Waals surface area contributed by atoms with E-state index in [-0.39, 0.29) is 22.7 Å². The van der Waals surface area contributed by atoms with Crippen molar-refractivity contribution in [2.24, 2.45) is 7.05 Å². The Labute approximate surface area is 315 Å². The Hall–Kier alpha value is -5.51. The Morgan fingerprint density at radius 3 is 2.28 bits per heavy atom. The average molecular weight is 735 g/mol. The normalized spacial score (nSPS) is 16.5. The highest BCUT2D eigenvalue weighted by molar-refractivity contribution is 6.02. The number of nitrogens with zero attached hydrogens (tertiary/aromatic N) is 6. The predicted molar refractivity (Wildman–Crippen MR) is 205 cm³/mol. The molecule has 0 radical (unpaired) electrons. The first-order valence-electron chi connectivity index (χ1n) is 18.1. The van der Waals surface area contributed by atoms with Gasteiger partial charge in [0.2, 0.25) is 5.95 Å². The standard InChI is InChI=1S/C42H47FN6O5/c1-26-27(2)41(50)46(4)24-36(26)30-19-38(53-6)37(39(20-30)54-7)25-48-15-13-47(14-16-48)23-29-9-8-10-34-28(3)49(12-11-35(29)34)42(51)32(21-44)17-31-18-33(52-5)22-45-40(31)43/h8-10,17-20,22,24,28H,11-16,23,25H2,1-7H3/b32-17+. The van der Waals surface area contributed by atoms with Crippen molar-refractivity contribution in [1.29, 1.82) is 5.26 Å². The molecule has 2 aromatic heterocycles. The number of piperazine rings is 1. The molecule has 2 aliphatic heterocycles. The van der Waals surface area contributed by atoms with Crippen LogP contribution in [0.1, 0.15) is 51.9 Å². The zero-order valence-corrected chi connectivity index (χ0v) is 32.0. The van der Waals surface area contributed by atoms with Crippen molar-refractivity contribution in [2.75, 3.05) is 54.1 Å². The number of carbonyl (C=O) groups is 1. The number of halogens is 1. The lowest BCUT2D eigenvalue weighted by Crippen LogP contribution is -2.45. The van der Waals surface area contributed by atoms with Crippen LogP contribution in [0.25, 0.3) is 17.2 Å². The first-order valence-corrected chi connectivity index (χ1v) is 18.1. The maximum Gasteiger partial charge on any atom is 0.265 e. The van der Waals surface area contributed by atoms with Crippen molar-refractivity contribution in [3.8, 4) is 34.4 Å². The highest BCUT2D eigenvalue weighted by Crippen LogP contribution is 2.38. The number of fused-ring (bicyclic) bond motifs is 1. The highest BCUT2D eigenvalue weighted by atomic mass is 19.1. The van der Waals surface area contributed by atoms with Crippen molar-refractivity contribution < 1.29 is 23.4 Å². The van der Waals surface area contributed by atoms with E-state index in [0.717, 1.165) is 77.6 Å². The van der Waals surface area contributed by atoms with Gasteiger partial charge in [0.1, 0.15) is 28.9 Å². The molecule has 2 aromatic carbocycles. The molecule has 1 amide bonds. The summed E-state index contributed by atoms with van der Waals surface area (Å²) in [7, 11) is 6.56. The number of methoxy groups -OCH3 is 3. The summed E-state index contributed by atoms with van der Waals surface area (Å²) in [5.41, 5.74) is 7.93. The minimum absolute atomic E-state index is 0.00573. The molecule has 1 saturated heterocycles. The van der Waals surface area contributed by atoms with Gasteiger partial charge in [0, 0.05) is 75.7 Å². The lowest BCUT2D eigenvalue weighted by Gasteiger charge is -2.38. The molecular formula is C42H47FN6O5. The van der Waals surface area contributed by atoms with Crippen LogP contribution >= 0.6 is 0 Å². The van der Waals surface area contributed by atoms with Gasteiger partial charge in [0.25, 0.3) is 11.5 Å². The van der Waals surface area contributed by atoms with E-state index in [1.54, 1.807) is 30.7 Å². The largest absolute Gasteiger partial charge is 0.496 e. The van der Waals surface area contributed by atoms with Crippen LogP contribution in [0.3, 0.4) is 0 Å². The number of aryl methyl sites for hydroxylation is 1. The summed E-state index contributed by atoms with van der Waals surface area (Å²) >= 11 is 0. The second-order valence-electron chi connectivity index (χ2n) is 14.0. The SMILES string of the molecule is COc1cnc(F)c(/C=C(\C#N)C(=O)N2CCc3c(CN4CCN(Cc5c(OC)cc(-c6cn(C)c(=O)c(C)c6C)cc5OC)CC4)cccc3C2C)c1. The lowest BCUT2D eigenvalue weighted by molar-refractivity contribution is -0.129. The smallest absolute Gasteiger partial charge is 0.265 e. The number of amides is 1. The zero-order valence-electron chi connectivity index (χ0n) is 32.0. The summed E-state index contributed by atoms with van der Waals surface area (Å²) in [5, 5.41) is 9.88. The molecule has 1 fully saturated rings. The molecule has 1 atom stereocenters. The average Bonchev–Trinajstić information content (AvgIpc) is 3.19. The summed E-state index contributed by atoms with van der Waals surface area (Å²) in [6, 6.07) is 13.4. The Bertz CT molecular complexity index is 2180. The number of benzene rings is 2. The summed E-state index contributed by atoms with van der Waals surface area (Å²) in [4.78, 5) is 36.4. The maximum atomic E-state index is 14.4. The Balaban J connectivity index is 1.13. The van der Waals surface area contributed by atoms with Crippen LogP contribution < -0.4 is 19.8 Å². The fraction of sp³-hybridized carbons (Fsp3) is 0.381. The van der Waals surface area contributed by atoms with Gasteiger partial charge in [-0.3, -0.25) is 19.4 Å². The van der Waals surface area contributed by atoms with Crippen molar-refractivity contribution in [1.82, 2.24) is 24.3 Å². The predicted octanol–water partition coefficient (Wildman–Crippen LogP) is 5.60. The molecule has 6 rings (SSSR count). The van der Waals surface area contributed by atoms with Crippen LogP contribution in [0.2, 0.25) is 0 Å². The van der Waals surface area contributed by atoms with E-state index >= 15 is 0 Å². The van der Waals surface area contributed by atoms with Gasteiger partial charge in [0.05, 0.1) is 39.1 Å². The molecule has 11 nitrogen and oxygen atoms in total. The molecule has 282 valence electrons. The minimum Gasteiger partial charge on any atom is -0.496 e. The third-order valence-corrected chi connectivity index (χ3v) is 10.9.